The van der Waals surface area contributed by atoms with E-state index in [0.717, 1.165) is 17.9 Å². The molecule has 0 saturated carbocycles. The van der Waals surface area contributed by atoms with Crippen LogP contribution in [0.25, 0.3) is 0 Å². The van der Waals surface area contributed by atoms with E-state index in [2.05, 4.69) is 10.1 Å². The fourth-order valence-corrected chi connectivity index (χ4v) is 1.27. The highest BCUT2D eigenvalue weighted by Gasteiger charge is 1.97. The SMILES string of the molecule is COc1cccc(Cn2cncn2)c1. The molecule has 0 saturated heterocycles. The lowest BCUT2D eigenvalue weighted by Crippen LogP contribution is -1.99. The molecule has 0 amide bonds. The Morgan fingerprint density at radius 1 is 1.43 bits per heavy atom. The zero-order valence-corrected chi connectivity index (χ0v) is 7.92. The highest BCUT2D eigenvalue weighted by molar-refractivity contribution is 5.28. The highest BCUT2D eigenvalue weighted by Crippen LogP contribution is 2.12. The van der Waals surface area contributed by atoms with Gasteiger partial charge in [-0.1, -0.05) is 12.1 Å². The average Bonchev–Trinajstić information content (AvgIpc) is 2.71. The van der Waals surface area contributed by atoms with Crippen LogP contribution in [0.3, 0.4) is 0 Å². The van der Waals surface area contributed by atoms with E-state index in [4.69, 9.17) is 4.74 Å². The van der Waals surface area contributed by atoms with Gasteiger partial charge in [0.25, 0.3) is 0 Å². The molecule has 0 aliphatic carbocycles. The number of methoxy groups -OCH3 is 1. The second-order valence-electron chi connectivity index (χ2n) is 2.94. The molecule has 0 unspecified atom stereocenters. The van der Waals surface area contributed by atoms with Crippen LogP contribution in [0.2, 0.25) is 0 Å². The average molecular weight is 189 g/mol. The van der Waals surface area contributed by atoms with Crippen LogP contribution in [-0.2, 0) is 6.54 Å². The van der Waals surface area contributed by atoms with Crippen molar-refractivity contribution >= 4 is 0 Å². The van der Waals surface area contributed by atoms with Crippen LogP contribution in [-0.4, -0.2) is 21.9 Å². The predicted molar refractivity (Wildman–Crippen MR) is 52.1 cm³/mol. The fourth-order valence-electron chi connectivity index (χ4n) is 1.27. The van der Waals surface area contributed by atoms with Gasteiger partial charge < -0.3 is 4.74 Å². The first-order valence-corrected chi connectivity index (χ1v) is 4.34. The molecule has 4 heteroatoms. The van der Waals surface area contributed by atoms with Crippen molar-refractivity contribution in [2.75, 3.05) is 7.11 Å². The van der Waals surface area contributed by atoms with E-state index in [1.165, 1.54) is 6.33 Å². The van der Waals surface area contributed by atoms with Crippen LogP contribution < -0.4 is 4.74 Å². The Balaban J connectivity index is 2.17. The predicted octanol–water partition coefficient (Wildman–Crippen LogP) is 1.33. The number of rotatable bonds is 3. The lowest BCUT2D eigenvalue weighted by atomic mass is 10.2. The molecule has 0 atom stereocenters. The smallest absolute Gasteiger partial charge is 0.137 e. The van der Waals surface area contributed by atoms with Crippen molar-refractivity contribution in [1.29, 1.82) is 0 Å². The minimum Gasteiger partial charge on any atom is -0.497 e. The minimum absolute atomic E-state index is 0.719. The number of hydrogen-bond donors (Lipinski definition) is 0. The molecule has 0 aliphatic rings. The molecular weight excluding hydrogens is 178 g/mol. The van der Waals surface area contributed by atoms with Gasteiger partial charge in [0, 0.05) is 0 Å². The number of benzene rings is 1. The minimum atomic E-state index is 0.719. The van der Waals surface area contributed by atoms with Gasteiger partial charge in [0.2, 0.25) is 0 Å². The first kappa shape index (κ1) is 8.74. The summed E-state index contributed by atoms with van der Waals surface area (Å²) in [5.41, 5.74) is 1.15. The maximum atomic E-state index is 5.13. The van der Waals surface area contributed by atoms with E-state index in [1.54, 1.807) is 18.1 Å². The molecule has 1 aromatic carbocycles. The monoisotopic (exact) mass is 189 g/mol. The normalized spacial score (nSPS) is 10.1. The van der Waals surface area contributed by atoms with Crippen molar-refractivity contribution in [1.82, 2.24) is 14.8 Å². The summed E-state index contributed by atoms with van der Waals surface area (Å²) in [6.07, 6.45) is 3.22. The molecule has 0 aliphatic heterocycles. The largest absolute Gasteiger partial charge is 0.497 e. The molecule has 0 spiro atoms. The molecular formula is C10H11N3O. The second kappa shape index (κ2) is 3.91. The van der Waals surface area contributed by atoms with Crippen molar-refractivity contribution in [3.05, 3.63) is 42.5 Å². The van der Waals surface area contributed by atoms with Crippen molar-refractivity contribution in [3.8, 4) is 5.75 Å². The Labute approximate surface area is 82.2 Å². The van der Waals surface area contributed by atoms with Gasteiger partial charge in [-0.15, -0.1) is 0 Å². The van der Waals surface area contributed by atoms with E-state index in [1.807, 2.05) is 24.3 Å². The van der Waals surface area contributed by atoms with Crippen LogP contribution in [0.1, 0.15) is 5.56 Å². The molecule has 4 nitrogen and oxygen atoms in total. The summed E-state index contributed by atoms with van der Waals surface area (Å²) in [7, 11) is 1.66. The lowest BCUT2D eigenvalue weighted by Gasteiger charge is -2.03. The lowest BCUT2D eigenvalue weighted by molar-refractivity contribution is 0.414. The zero-order chi connectivity index (χ0) is 9.80. The first-order chi connectivity index (χ1) is 6.88. The van der Waals surface area contributed by atoms with Crippen molar-refractivity contribution < 1.29 is 4.74 Å². The Kier molecular flexibility index (Phi) is 2.44. The molecule has 0 radical (unpaired) electrons. The third kappa shape index (κ3) is 1.90. The standard InChI is InChI=1S/C10H11N3O/c1-14-10-4-2-3-9(5-10)6-13-8-11-7-12-13/h2-5,7-8H,6H2,1H3. The number of nitrogens with zero attached hydrogens (tertiary/aromatic N) is 3. The van der Waals surface area contributed by atoms with Crippen molar-refractivity contribution in [2.45, 2.75) is 6.54 Å². The molecule has 72 valence electrons. The van der Waals surface area contributed by atoms with Gasteiger partial charge in [0.15, 0.2) is 0 Å². The van der Waals surface area contributed by atoms with E-state index in [0.29, 0.717) is 0 Å². The Morgan fingerprint density at radius 3 is 3.07 bits per heavy atom. The van der Waals surface area contributed by atoms with Gasteiger partial charge in [-0.2, -0.15) is 5.10 Å². The third-order valence-corrected chi connectivity index (χ3v) is 1.95. The van der Waals surface area contributed by atoms with Crippen LogP contribution in [0.5, 0.6) is 5.75 Å². The number of aromatic nitrogens is 3. The molecule has 1 heterocycles. The molecule has 14 heavy (non-hydrogen) atoms. The molecule has 0 N–H and O–H groups in total. The van der Waals surface area contributed by atoms with E-state index in [-0.39, 0.29) is 0 Å². The van der Waals surface area contributed by atoms with Gasteiger partial charge in [-0.05, 0) is 17.7 Å². The second-order valence-corrected chi connectivity index (χ2v) is 2.94. The van der Waals surface area contributed by atoms with Gasteiger partial charge >= 0.3 is 0 Å². The molecule has 0 fully saturated rings. The summed E-state index contributed by atoms with van der Waals surface area (Å²) < 4.78 is 6.90. The Morgan fingerprint density at radius 2 is 2.36 bits per heavy atom. The van der Waals surface area contributed by atoms with Crippen molar-refractivity contribution in [3.63, 3.8) is 0 Å². The molecule has 2 aromatic rings. The molecule has 2 rings (SSSR count). The summed E-state index contributed by atoms with van der Waals surface area (Å²) in [6.45, 7) is 0.719. The van der Waals surface area contributed by atoms with Gasteiger partial charge in [0.05, 0.1) is 13.7 Å². The van der Waals surface area contributed by atoms with Crippen molar-refractivity contribution in [2.24, 2.45) is 0 Å². The van der Waals surface area contributed by atoms with Crippen LogP contribution in [0.4, 0.5) is 0 Å². The van der Waals surface area contributed by atoms with Gasteiger partial charge in [0.1, 0.15) is 18.4 Å². The molecule has 1 aromatic heterocycles. The Hall–Kier alpha value is -1.84. The maximum Gasteiger partial charge on any atom is 0.137 e. The summed E-state index contributed by atoms with van der Waals surface area (Å²) >= 11 is 0. The van der Waals surface area contributed by atoms with Crippen LogP contribution in [0.15, 0.2) is 36.9 Å². The summed E-state index contributed by atoms with van der Waals surface area (Å²) in [5.74, 6) is 0.864. The summed E-state index contributed by atoms with van der Waals surface area (Å²) in [5, 5.41) is 4.03. The summed E-state index contributed by atoms with van der Waals surface area (Å²) in [6, 6.07) is 7.90. The topological polar surface area (TPSA) is 39.9 Å². The summed E-state index contributed by atoms with van der Waals surface area (Å²) in [4.78, 5) is 3.88. The highest BCUT2D eigenvalue weighted by atomic mass is 16.5. The number of hydrogen-bond acceptors (Lipinski definition) is 3. The Bertz CT molecular complexity index is 398. The van der Waals surface area contributed by atoms with Gasteiger partial charge in [-0.3, -0.25) is 0 Å². The van der Waals surface area contributed by atoms with E-state index < -0.39 is 0 Å². The van der Waals surface area contributed by atoms with Crippen LogP contribution >= 0.6 is 0 Å². The van der Waals surface area contributed by atoms with E-state index >= 15 is 0 Å². The first-order valence-electron chi connectivity index (χ1n) is 4.34. The third-order valence-electron chi connectivity index (χ3n) is 1.95. The quantitative estimate of drug-likeness (QED) is 0.731. The van der Waals surface area contributed by atoms with E-state index in [9.17, 15) is 0 Å². The van der Waals surface area contributed by atoms with Crippen LogP contribution in [0, 0.1) is 0 Å². The fraction of sp³-hybridized carbons (Fsp3) is 0.200. The molecule has 0 bridgehead atoms. The maximum absolute atomic E-state index is 5.13. The zero-order valence-electron chi connectivity index (χ0n) is 7.92. The van der Waals surface area contributed by atoms with Gasteiger partial charge in [-0.25, -0.2) is 9.67 Å². The number of ether oxygens (including phenoxy) is 1.